The number of carbonyl (C=O) groups is 3. The lowest BCUT2D eigenvalue weighted by Gasteiger charge is -2.28. The minimum Gasteiger partial charge on any atom is -0.438 e. The van der Waals surface area contributed by atoms with Crippen LogP contribution in [-0.4, -0.2) is 57.6 Å². The molecular formula is C29H31N7O4S. The van der Waals surface area contributed by atoms with Crippen LogP contribution in [0.3, 0.4) is 0 Å². The molecule has 5 heterocycles. The first-order valence-corrected chi connectivity index (χ1v) is 14.0. The first-order chi connectivity index (χ1) is 20.0. The highest BCUT2D eigenvalue weighted by Crippen LogP contribution is 2.45. The number of pyridine rings is 1. The summed E-state index contributed by atoms with van der Waals surface area (Å²) in [6.45, 7) is 10.7. The van der Waals surface area contributed by atoms with Gasteiger partial charge in [0, 0.05) is 42.5 Å². The monoisotopic (exact) mass is 573 g/mol. The normalized spacial score (nSPS) is 15.1. The summed E-state index contributed by atoms with van der Waals surface area (Å²) in [5.74, 6) is 0.962. The molecule has 1 fully saturated rings. The van der Waals surface area contributed by atoms with Crippen molar-refractivity contribution in [1.29, 1.82) is 0 Å². The van der Waals surface area contributed by atoms with Crippen molar-refractivity contribution < 1.29 is 19.1 Å². The predicted molar refractivity (Wildman–Crippen MR) is 160 cm³/mol. The molecule has 1 aromatic carbocycles. The molecule has 4 aromatic rings. The Morgan fingerprint density at radius 3 is 2.66 bits per heavy atom. The molecule has 2 aliphatic rings. The van der Waals surface area contributed by atoms with Crippen molar-refractivity contribution >= 4 is 57.0 Å². The highest BCUT2D eigenvalue weighted by atomic mass is 32.1. The molecule has 212 valence electrons. The van der Waals surface area contributed by atoms with E-state index in [1.807, 2.05) is 39.0 Å². The van der Waals surface area contributed by atoms with Crippen LogP contribution in [-0.2, 0) is 9.59 Å². The highest BCUT2D eigenvalue weighted by molar-refractivity contribution is 7.19. The van der Waals surface area contributed by atoms with Gasteiger partial charge >= 0.3 is 6.03 Å². The van der Waals surface area contributed by atoms with Crippen LogP contribution in [0.15, 0.2) is 67.5 Å². The summed E-state index contributed by atoms with van der Waals surface area (Å²) in [4.78, 5) is 43.6. The van der Waals surface area contributed by atoms with Gasteiger partial charge in [-0.25, -0.2) is 9.78 Å². The molecule has 3 aromatic heterocycles. The maximum atomic E-state index is 12.8. The number of nitrogens with zero attached hydrogens (tertiary/aromatic N) is 5. The second-order valence-electron chi connectivity index (χ2n) is 8.73. The SMILES string of the molecule is C=CC(=O)N1CC[C@@H](NC=O)C1.CC.Cc1sc2nccc3c2c1NC(=O)N3c1ccc(Oc2cccnn2)cc1. The quantitative estimate of drug-likeness (QED) is 0.233. The third kappa shape index (κ3) is 6.49. The smallest absolute Gasteiger partial charge is 0.331 e. The number of thiophene rings is 1. The average molecular weight is 574 g/mol. The second-order valence-corrected chi connectivity index (χ2v) is 9.93. The summed E-state index contributed by atoms with van der Waals surface area (Å²) < 4.78 is 5.66. The number of benzene rings is 1. The van der Waals surface area contributed by atoms with E-state index in [1.165, 1.54) is 6.08 Å². The van der Waals surface area contributed by atoms with Gasteiger partial charge in [0.05, 0.1) is 22.4 Å². The fraction of sp³-hybridized carbons (Fsp3) is 0.241. The fourth-order valence-electron chi connectivity index (χ4n) is 4.43. The Kier molecular flexibility index (Phi) is 9.59. The van der Waals surface area contributed by atoms with E-state index in [1.54, 1.807) is 57.8 Å². The number of likely N-dealkylation sites (tertiary alicyclic amines) is 1. The van der Waals surface area contributed by atoms with Crippen LogP contribution in [0.25, 0.3) is 10.2 Å². The van der Waals surface area contributed by atoms with Crippen LogP contribution < -0.4 is 20.3 Å². The zero-order chi connectivity index (χ0) is 29.4. The number of amides is 4. The van der Waals surface area contributed by atoms with Crippen molar-refractivity contribution in [3.8, 4) is 11.6 Å². The Bertz CT molecular complexity index is 1530. The largest absolute Gasteiger partial charge is 0.438 e. The number of nitrogens with one attached hydrogen (secondary N) is 2. The van der Waals surface area contributed by atoms with Gasteiger partial charge in [0.25, 0.3) is 0 Å². The van der Waals surface area contributed by atoms with Crippen LogP contribution in [0.4, 0.5) is 21.9 Å². The van der Waals surface area contributed by atoms with Gasteiger partial charge < -0.3 is 20.3 Å². The minimum absolute atomic E-state index is 0.0646. The summed E-state index contributed by atoms with van der Waals surface area (Å²) in [6.07, 6.45) is 6.11. The number of hydrogen-bond acceptors (Lipinski definition) is 8. The van der Waals surface area contributed by atoms with Crippen LogP contribution in [0, 0.1) is 6.92 Å². The number of carbonyl (C=O) groups excluding carboxylic acids is 3. The van der Waals surface area contributed by atoms with Crippen molar-refractivity contribution in [2.75, 3.05) is 23.3 Å². The number of aromatic nitrogens is 3. The molecule has 11 nitrogen and oxygen atoms in total. The molecule has 12 heteroatoms. The Labute approximate surface area is 241 Å². The number of anilines is 3. The molecule has 0 saturated carbocycles. The lowest BCUT2D eigenvalue weighted by molar-refractivity contribution is -0.125. The Hall–Kier alpha value is -4.84. The lowest BCUT2D eigenvalue weighted by Crippen LogP contribution is -2.33. The van der Waals surface area contributed by atoms with E-state index in [4.69, 9.17) is 4.74 Å². The molecule has 1 saturated heterocycles. The van der Waals surface area contributed by atoms with E-state index in [2.05, 4.69) is 32.4 Å². The number of aryl methyl sites for hydroxylation is 1. The van der Waals surface area contributed by atoms with E-state index in [9.17, 15) is 14.4 Å². The van der Waals surface area contributed by atoms with Crippen LogP contribution in [0.2, 0.25) is 0 Å². The highest BCUT2D eigenvalue weighted by Gasteiger charge is 2.29. The van der Waals surface area contributed by atoms with E-state index in [0.717, 1.165) is 38.6 Å². The van der Waals surface area contributed by atoms with Crippen molar-refractivity contribution in [1.82, 2.24) is 25.4 Å². The molecule has 6 rings (SSSR count). The maximum Gasteiger partial charge on any atom is 0.331 e. The topological polar surface area (TPSA) is 130 Å². The summed E-state index contributed by atoms with van der Waals surface area (Å²) in [5, 5.41) is 14.3. The Morgan fingerprint density at radius 2 is 1.98 bits per heavy atom. The Balaban J connectivity index is 0.000000234. The first-order valence-electron chi connectivity index (χ1n) is 13.1. The van der Waals surface area contributed by atoms with Gasteiger partial charge in [0.2, 0.25) is 18.2 Å². The van der Waals surface area contributed by atoms with Crippen molar-refractivity contribution in [3.05, 3.63) is 72.4 Å². The lowest BCUT2D eigenvalue weighted by atomic mass is 10.1. The van der Waals surface area contributed by atoms with Crippen molar-refractivity contribution in [3.63, 3.8) is 0 Å². The zero-order valence-electron chi connectivity index (χ0n) is 23.0. The van der Waals surface area contributed by atoms with Crippen LogP contribution >= 0.6 is 11.3 Å². The number of urea groups is 1. The van der Waals surface area contributed by atoms with Crippen molar-refractivity contribution in [2.45, 2.75) is 33.2 Å². The average Bonchev–Trinajstić information content (AvgIpc) is 3.60. The first kappa shape index (κ1) is 29.2. The molecule has 0 spiro atoms. The van der Waals surface area contributed by atoms with Gasteiger partial charge in [-0.05, 0) is 55.8 Å². The van der Waals surface area contributed by atoms with Gasteiger partial charge in [-0.1, -0.05) is 20.4 Å². The summed E-state index contributed by atoms with van der Waals surface area (Å²) in [6, 6.07) is 12.5. The Morgan fingerprint density at radius 1 is 1.20 bits per heavy atom. The summed E-state index contributed by atoms with van der Waals surface area (Å²) in [5.41, 5.74) is 2.41. The molecule has 41 heavy (non-hydrogen) atoms. The van der Waals surface area contributed by atoms with E-state index in [0.29, 0.717) is 31.1 Å². The van der Waals surface area contributed by atoms with E-state index >= 15 is 0 Å². The standard InChI is InChI=1S/C19H13N5O2S.C8H12N2O2.C2H6/c1-11-17-16-14(8-10-20-18(16)27-11)24(19(25)22-17)12-4-6-13(7-5-12)26-15-3-2-9-21-23-15;1-2-8(12)10-4-3-7(5-10)9-6-11;1-2/h2-10H,1H3,(H,22,25);2,6-7H,1,3-5H2,(H,9,11);1-2H3/t;7-;/m.1./s1. The fourth-order valence-corrected chi connectivity index (χ4v) is 5.40. The molecule has 0 radical (unpaired) electrons. The predicted octanol–water partition coefficient (Wildman–Crippen LogP) is 5.42. The van der Waals surface area contributed by atoms with Gasteiger partial charge in [-0.15, -0.1) is 16.4 Å². The molecule has 4 amide bonds. The minimum atomic E-state index is -0.195. The van der Waals surface area contributed by atoms with Gasteiger partial charge in [-0.3, -0.25) is 14.5 Å². The second kappa shape index (κ2) is 13.5. The molecule has 2 aliphatic heterocycles. The maximum absolute atomic E-state index is 12.8. The number of ether oxygens (including phenoxy) is 1. The van der Waals surface area contributed by atoms with Crippen LogP contribution in [0.5, 0.6) is 11.6 Å². The molecule has 0 aliphatic carbocycles. The van der Waals surface area contributed by atoms with Crippen molar-refractivity contribution in [2.24, 2.45) is 0 Å². The number of rotatable bonds is 6. The third-order valence-corrected chi connectivity index (χ3v) is 7.28. The molecule has 0 unspecified atom stereocenters. The number of hydrogen-bond donors (Lipinski definition) is 2. The summed E-state index contributed by atoms with van der Waals surface area (Å²) >= 11 is 1.58. The van der Waals surface area contributed by atoms with E-state index in [-0.39, 0.29) is 18.0 Å². The summed E-state index contributed by atoms with van der Waals surface area (Å²) in [7, 11) is 0. The van der Waals surface area contributed by atoms with Gasteiger partial charge in [-0.2, -0.15) is 5.10 Å². The zero-order valence-corrected chi connectivity index (χ0v) is 23.9. The molecular weight excluding hydrogens is 542 g/mol. The third-order valence-electron chi connectivity index (χ3n) is 6.27. The van der Waals surface area contributed by atoms with Crippen LogP contribution in [0.1, 0.15) is 25.1 Å². The van der Waals surface area contributed by atoms with Gasteiger partial charge in [0.15, 0.2) is 0 Å². The molecule has 0 bridgehead atoms. The van der Waals surface area contributed by atoms with Gasteiger partial charge in [0.1, 0.15) is 10.6 Å². The van der Waals surface area contributed by atoms with E-state index < -0.39 is 0 Å². The molecule has 2 N–H and O–H groups in total. The molecule has 1 atom stereocenters.